The molecular weight excluding hydrogens is 216 g/mol. The smallest absolute Gasteiger partial charge is 0.279 e. The summed E-state index contributed by atoms with van der Waals surface area (Å²) in [6, 6.07) is 0. The lowest BCUT2D eigenvalue weighted by molar-refractivity contribution is 0.0909. The maximum Gasteiger partial charge on any atom is 0.279 e. The van der Waals surface area contributed by atoms with E-state index in [1.807, 2.05) is 0 Å². The molecule has 2 N–H and O–H groups in total. The summed E-state index contributed by atoms with van der Waals surface area (Å²) in [5.74, 6) is 0.234. The third-order valence-corrected chi connectivity index (χ3v) is 4.55. The van der Waals surface area contributed by atoms with Crippen molar-refractivity contribution in [2.75, 3.05) is 19.6 Å². The van der Waals surface area contributed by atoms with Gasteiger partial charge >= 0.3 is 0 Å². The van der Waals surface area contributed by atoms with Crippen LogP contribution in [0.2, 0.25) is 0 Å². The number of aliphatic hydroxyl groups is 1. The lowest BCUT2D eigenvalue weighted by Crippen LogP contribution is -2.46. The van der Waals surface area contributed by atoms with E-state index in [0.717, 1.165) is 12.8 Å². The monoisotopic (exact) mass is 236 g/mol. The number of hydrogen-bond acceptors (Lipinski definition) is 3. The zero-order chi connectivity index (χ0) is 11.5. The van der Waals surface area contributed by atoms with Crippen LogP contribution in [0.4, 0.5) is 0 Å². The van der Waals surface area contributed by atoms with Crippen LogP contribution >= 0.6 is 0 Å². The second-order valence-corrected chi connectivity index (χ2v) is 5.74. The van der Waals surface area contributed by atoms with E-state index in [9.17, 15) is 13.5 Å². The molecule has 15 heavy (non-hydrogen) atoms. The molecule has 1 saturated heterocycles. The van der Waals surface area contributed by atoms with Gasteiger partial charge in [-0.1, -0.05) is 6.92 Å². The predicted octanol–water partition coefficient (Wildman–Crippen LogP) is -0.0665. The molecule has 1 unspecified atom stereocenters. The van der Waals surface area contributed by atoms with Gasteiger partial charge in [0.15, 0.2) is 0 Å². The topological polar surface area (TPSA) is 69.6 Å². The van der Waals surface area contributed by atoms with Crippen molar-refractivity contribution in [2.45, 2.75) is 32.8 Å². The van der Waals surface area contributed by atoms with Gasteiger partial charge in [-0.05, 0) is 25.7 Å². The van der Waals surface area contributed by atoms with Gasteiger partial charge in [-0.25, -0.2) is 4.72 Å². The molecule has 0 aromatic rings. The molecule has 0 spiro atoms. The number of hydrogen-bond donors (Lipinski definition) is 2. The first-order valence-electron chi connectivity index (χ1n) is 5.40. The predicted molar refractivity (Wildman–Crippen MR) is 58.6 cm³/mol. The molecule has 1 atom stereocenters. The Bertz CT molecular complexity index is 282. The minimum atomic E-state index is -3.28. The van der Waals surface area contributed by atoms with Gasteiger partial charge in [-0.3, -0.25) is 0 Å². The van der Waals surface area contributed by atoms with Crippen molar-refractivity contribution in [1.29, 1.82) is 0 Å². The molecule has 0 bridgehead atoms. The number of piperidine rings is 1. The second-order valence-electron chi connectivity index (χ2n) is 3.98. The molecule has 0 amide bonds. The van der Waals surface area contributed by atoms with E-state index in [2.05, 4.69) is 4.72 Å². The lowest BCUT2D eigenvalue weighted by atomic mass is 9.93. The van der Waals surface area contributed by atoms with Crippen LogP contribution in [0, 0.1) is 5.92 Å². The molecule has 1 heterocycles. The van der Waals surface area contributed by atoms with E-state index < -0.39 is 10.2 Å². The van der Waals surface area contributed by atoms with E-state index in [0.29, 0.717) is 19.6 Å². The van der Waals surface area contributed by atoms with Crippen molar-refractivity contribution in [3.05, 3.63) is 0 Å². The molecule has 5 nitrogen and oxygen atoms in total. The first-order chi connectivity index (χ1) is 6.97. The van der Waals surface area contributed by atoms with E-state index in [-0.39, 0.29) is 12.0 Å². The highest BCUT2D eigenvalue weighted by Gasteiger charge is 2.28. The maximum atomic E-state index is 11.6. The van der Waals surface area contributed by atoms with E-state index in [4.69, 9.17) is 0 Å². The first-order valence-corrected chi connectivity index (χ1v) is 6.84. The van der Waals surface area contributed by atoms with Gasteiger partial charge in [0.2, 0.25) is 0 Å². The standard InChI is InChI=1S/C9H20N2O3S/c1-3-10-15(13,14)11-6-4-9(5-7-11)8(2)12/h8-10,12H,3-7H2,1-2H3. The fraction of sp³-hybridized carbons (Fsp3) is 1.00. The van der Waals surface area contributed by atoms with Gasteiger partial charge in [0.25, 0.3) is 10.2 Å². The largest absolute Gasteiger partial charge is 0.393 e. The fourth-order valence-corrected chi connectivity index (χ4v) is 3.11. The Hall–Kier alpha value is -0.170. The van der Waals surface area contributed by atoms with Gasteiger partial charge in [-0.15, -0.1) is 0 Å². The normalized spacial score (nSPS) is 22.9. The van der Waals surface area contributed by atoms with Crippen molar-refractivity contribution < 1.29 is 13.5 Å². The zero-order valence-corrected chi connectivity index (χ0v) is 10.1. The van der Waals surface area contributed by atoms with Crippen LogP contribution in [0.1, 0.15) is 26.7 Å². The van der Waals surface area contributed by atoms with Crippen LogP contribution in [0.5, 0.6) is 0 Å². The molecule has 1 aliphatic heterocycles. The molecule has 1 rings (SSSR count). The van der Waals surface area contributed by atoms with Crippen LogP contribution in [-0.4, -0.2) is 43.6 Å². The molecule has 1 fully saturated rings. The summed E-state index contributed by atoms with van der Waals surface area (Å²) in [5, 5.41) is 9.39. The van der Waals surface area contributed by atoms with Crippen molar-refractivity contribution in [1.82, 2.24) is 9.03 Å². The van der Waals surface area contributed by atoms with Crippen molar-refractivity contribution in [3.8, 4) is 0 Å². The van der Waals surface area contributed by atoms with Crippen LogP contribution in [0.15, 0.2) is 0 Å². The van der Waals surface area contributed by atoms with Crippen LogP contribution in [-0.2, 0) is 10.2 Å². The van der Waals surface area contributed by atoms with Crippen LogP contribution < -0.4 is 4.72 Å². The van der Waals surface area contributed by atoms with E-state index >= 15 is 0 Å². The molecule has 0 radical (unpaired) electrons. The van der Waals surface area contributed by atoms with Gasteiger partial charge in [-0.2, -0.15) is 12.7 Å². The maximum absolute atomic E-state index is 11.6. The summed E-state index contributed by atoms with van der Waals surface area (Å²) in [7, 11) is -3.28. The van der Waals surface area contributed by atoms with Gasteiger partial charge < -0.3 is 5.11 Å². The Kier molecular flexibility index (Phi) is 4.51. The molecule has 1 aliphatic rings. The highest BCUT2D eigenvalue weighted by molar-refractivity contribution is 7.87. The Morgan fingerprint density at radius 1 is 1.47 bits per heavy atom. The van der Waals surface area contributed by atoms with Gasteiger partial charge in [0.1, 0.15) is 0 Å². The summed E-state index contributed by atoms with van der Waals surface area (Å²) in [5.41, 5.74) is 0. The Labute approximate surface area is 91.7 Å². The van der Waals surface area contributed by atoms with Crippen molar-refractivity contribution >= 4 is 10.2 Å². The highest BCUT2D eigenvalue weighted by Crippen LogP contribution is 2.21. The quantitative estimate of drug-likeness (QED) is 0.718. The third-order valence-electron chi connectivity index (χ3n) is 2.85. The highest BCUT2D eigenvalue weighted by atomic mass is 32.2. The van der Waals surface area contributed by atoms with Crippen LogP contribution in [0.25, 0.3) is 0 Å². The Morgan fingerprint density at radius 3 is 2.40 bits per heavy atom. The Morgan fingerprint density at radius 2 is 2.00 bits per heavy atom. The Balaban J connectivity index is 2.50. The SMILES string of the molecule is CCNS(=O)(=O)N1CCC(C(C)O)CC1. The van der Waals surface area contributed by atoms with Crippen molar-refractivity contribution in [2.24, 2.45) is 5.92 Å². The number of nitrogens with zero attached hydrogens (tertiary/aromatic N) is 1. The number of rotatable bonds is 4. The number of nitrogens with one attached hydrogen (secondary N) is 1. The molecule has 0 aromatic carbocycles. The molecule has 0 saturated carbocycles. The van der Waals surface area contributed by atoms with Crippen molar-refractivity contribution in [3.63, 3.8) is 0 Å². The minimum Gasteiger partial charge on any atom is -0.393 e. The lowest BCUT2D eigenvalue weighted by Gasteiger charge is -2.32. The molecule has 0 aromatic heterocycles. The second kappa shape index (κ2) is 5.25. The third kappa shape index (κ3) is 3.41. The minimum absolute atomic E-state index is 0.234. The molecule has 6 heteroatoms. The summed E-state index contributed by atoms with van der Waals surface area (Å²) in [6.45, 7) is 4.95. The first kappa shape index (κ1) is 12.9. The van der Waals surface area contributed by atoms with Gasteiger partial charge in [0, 0.05) is 19.6 Å². The fourth-order valence-electron chi connectivity index (χ4n) is 1.87. The van der Waals surface area contributed by atoms with Crippen LogP contribution in [0.3, 0.4) is 0 Å². The summed E-state index contributed by atoms with van der Waals surface area (Å²) in [6.07, 6.45) is 1.14. The summed E-state index contributed by atoms with van der Waals surface area (Å²) >= 11 is 0. The molecule has 0 aliphatic carbocycles. The average Bonchev–Trinajstić information content (AvgIpc) is 2.18. The molecule has 90 valence electrons. The average molecular weight is 236 g/mol. The van der Waals surface area contributed by atoms with E-state index in [1.54, 1.807) is 13.8 Å². The summed E-state index contributed by atoms with van der Waals surface area (Å²) in [4.78, 5) is 0. The van der Waals surface area contributed by atoms with E-state index in [1.165, 1.54) is 4.31 Å². The molecular formula is C9H20N2O3S. The van der Waals surface area contributed by atoms with Gasteiger partial charge in [0.05, 0.1) is 6.10 Å². The zero-order valence-electron chi connectivity index (χ0n) is 9.31. The number of aliphatic hydroxyl groups excluding tert-OH is 1. The summed E-state index contributed by atoms with van der Waals surface area (Å²) < 4.78 is 27.2.